The smallest absolute Gasteiger partial charge is 0.227 e. The summed E-state index contributed by atoms with van der Waals surface area (Å²) in [5.74, 6) is 0.0893. The molecule has 9 nitrogen and oxygen atoms in total. The molecule has 1 aromatic carbocycles. The topological polar surface area (TPSA) is 125 Å². The molecule has 182 valence electrons. The molecule has 37 heavy (non-hydrogen) atoms. The Morgan fingerprint density at radius 2 is 2.03 bits per heavy atom. The number of nitrogens with zero attached hydrogens (tertiary/aromatic N) is 4. The highest BCUT2D eigenvalue weighted by atomic mass is 19.1. The Labute approximate surface area is 209 Å². The lowest BCUT2D eigenvalue weighted by Gasteiger charge is -2.24. The third kappa shape index (κ3) is 3.65. The average Bonchev–Trinajstić information content (AvgIpc) is 3.61. The number of aromatic nitrogens is 6. The third-order valence-electron chi connectivity index (χ3n) is 6.89. The van der Waals surface area contributed by atoms with Crippen LogP contribution in [0.2, 0.25) is 0 Å². The van der Waals surface area contributed by atoms with Crippen molar-refractivity contribution in [3.8, 4) is 33.8 Å². The molecule has 0 unspecified atom stereocenters. The van der Waals surface area contributed by atoms with Crippen molar-refractivity contribution in [3.05, 3.63) is 67.3 Å². The molecule has 5 aromatic heterocycles. The largest absolute Gasteiger partial charge is 0.472 e. The van der Waals surface area contributed by atoms with Crippen LogP contribution in [0.4, 0.5) is 10.1 Å². The number of carbonyl (C=O) groups is 1. The van der Waals surface area contributed by atoms with Gasteiger partial charge in [0.25, 0.3) is 0 Å². The molecular formula is C27H20FN7O2. The molecule has 0 bridgehead atoms. The highest BCUT2D eigenvalue weighted by Gasteiger charge is 2.25. The van der Waals surface area contributed by atoms with Crippen LogP contribution in [0.25, 0.3) is 55.8 Å². The van der Waals surface area contributed by atoms with Crippen molar-refractivity contribution in [1.29, 1.82) is 0 Å². The van der Waals surface area contributed by atoms with E-state index in [1.165, 1.54) is 6.07 Å². The zero-order valence-electron chi connectivity index (χ0n) is 19.5. The average molecular weight is 494 g/mol. The quantitative estimate of drug-likeness (QED) is 0.283. The van der Waals surface area contributed by atoms with Gasteiger partial charge in [0.05, 0.1) is 35.4 Å². The lowest BCUT2D eigenvalue weighted by atomic mass is 9.85. The number of anilines is 1. The Hall–Kier alpha value is -4.86. The van der Waals surface area contributed by atoms with E-state index in [4.69, 9.17) is 4.42 Å². The second-order valence-electron chi connectivity index (χ2n) is 9.18. The number of aromatic amines is 2. The van der Waals surface area contributed by atoms with Gasteiger partial charge in [0.1, 0.15) is 11.5 Å². The Morgan fingerprint density at radius 3 is 2.84 bits per heavy atom. The SMILES string of the molecule is O=C(Nc1cncc(-c2cc3c(-c4nc5nccc(-c6ccoc6)c5[nH]4)n[nH]c3cc2F)c1)C1CCC1. The van der Waals surface area contributed by atoms with Gasteiger partial charge in [-0.05, 0) is 37.1 Å². The monoisotopic (exact) mass is 493 g/mol. The van der Waals surface area contributed by atoms with Gasteiger partial charge in [-0.1, -0.05) is 6.42 Å². The summed E-state index contributed by atoms with van der Waals surface area (Å²) in [6.07, 6.45) is 11.0. The fraction of sp³-hybridized carbons (Fsp3) is 0.148. The fourth-order valence-corrected chi connectivity index (χ4v) is 4.69. The van der Waals surface area contributed by atoms with E-state index in [1.807, 2.05) is 12.1 Å². The summed E-state index contributed by atoms with van der Waals surface area (Å²) in [4.78, 5) is 29.0. The third-order valence-corrected chi connectivity index (χ3v) is 6.89. The molecule has 1 saturated carbocycles. The van der Waals surface area contributed by atoms with Crippen LogP contribution in [-0.4, -0.2) is 36.0 Å². The molecule has 0 radical (unpaired) electrons. The van der Waals surface area contributed by atoms with Crippen molar-refractivity contribution in [3.63, 3.8) is 0 Å². The van der Waals surface area contributed by atoms with Gasteiger partial charge in [-0.3, -0.25) is 14.9 Å². The van der Waals surface area contributed by atoms with Crippen LogP contribution in [0.1, 0.15) is 19.3 Å². The molecule has 3 N–H and O–H groups in total. The normalized spacial score (nSPS) is 13.8. The lowest BCUT2D eigenvalue weighted by Crippen LogP contribution is -2.28. The van der Waals surface area contributed by atoms with Gasteiger partial charge in [-0.25, -0.2) is 14.4 Å². The van der Waals surface area contributed by atoms with E-state index in [2.05, 4.69) is 35.5 Å². The number of fused-ring (bicyclic) bond motifs is 2. The predicted octanol–water partition coefficient (Wildman–Crippen LogP) is 5.70. The molecule has 1 amide bonds. The Morgan fingerprint density at radius 1 is 1.11 bits per heavy atom. The Bertz CT molecular complexity index is 1780. The predicted molar refractivity (Wildman–Crippen MR) is 136 cm³/mol. The van der Waals surface area contributed by atoms with Crippen LogP contribution >= 0.6 is 0 Å². The van der Waals surface area contributed by atoms with Gasteiger partial charge in [0, 0.05) is 52.0 Å². The molecule has 10 heteroatoms. The molecule has 0 atom stereocenters. The number of benzene rings is 1. The molecule has 7 rings (SSSR count). The standard InChI is InChI=1S/C27H20FN7O2/c28-21-10-22-20(9-19(21)16-8-17(12-29-11-16)31-27(36)14-2-1-3-14)24(35-34-22)26-32-23-18(15-5-7-37-13-15)4-6-30-25(23)33-26/h4-14H,1-3H2,(H,31,36)(H,34,35)(H,30,32,33). The number of amides is 1. The minimum absolute atomic E-state index is 0.0217. The number of imidazole rings is 1. The van der Waals surface area contributed by atoms with Gasteiger partial charge >= 0.3 is 0 Å². The van der Waals surface area contributed by atoms with Crippen LogP contribution in [0.5, 0.6) is 0 Å². The summed E-state index contributed by atoms with van der Waals surface area (Å²) in [6.45, 7) is 0. The second kappa shape index (κ2) is 8.37. The van der Waals surface area contributed by atoms with E-state index in [0.29, 0.717) is 44.9 Å². The first-order valence-electron chi connectivity index (χ1n) is 12.0. The zero-order valence-corrected chi connectivity index (χ0v) is 19.5. The Kier molecular flexibility index (Phi) is 4.85. The number of rotatable bonds is 5. The number of pyridine rings is 2. The lowest BCUT2D eigenvalue weighted by molar-refractivity contribution is -0.122. The van der Waals surface area contributed by atoms with E-state index in [1.54, 1.807) is 43.2 Å². The van der Waals surface area contributed by atoms with E-state index >= 15 is 4.39 Å². The number of nitrogens with one attached hydrogen (secondary N) is 3. The van der Waals surface area contributed by atoms with E-state index in [0.717, 1.165) is 35.9 Å². The first-order chi connectivity index (χ1) is 18.1. The van der Waals surface area contributed by atoms with Gasteiger partial charge in [-0.15, -0.1) is 0 Å². The number of halogens is 1. The van der Waals surface area contributed by atoms with Crippen LogP contribution in [0.15, 0.2) is 65.9 Å². The van der Waals surface area contributed by atoms with Crippen LogP contribution in [0.3, 0.4) is 0 Å². The van der Waals surface area contributed by atoms with Crippen LogP contribution in [-0.2, 0) is 4.79 Å². The summed E-state index contributed by atoms with van der Waals surface area (Å²) < 4.78 is 20.4. The number of hydrogen-bond donors (Lipinski definition) is 3. The number of H-pyrrole nitrogens is 2. The number of furan rings is 1. The van der Waals surface area contributed by atoms with Crippen LogP contribution in [0, 0.1) is 11.7 Å². The molecular weight excluding hydrogens is 473 g/mol. The van der Waals surface area contributed by atoms with Gasteiger partial charge in [0.15, 0.2) is 11.5 Å². The summed E-state index contributed by atoms with van der Waals surface area (Å²) in [5.41, 5.74) is 5.57. The maximum absolute atomic E-state index is 15.2. The summed E-state index contributed by atoms with van der Waals surface area (Å²) in [5, 5.41) is 10.9. The van der Waals surface area contributed by atoms with Gasteiger partial charge in [-0.2, -0.15) is 5.10 Å². The van der Waals surface area contributed by atoms with Crippen molar-refractivity contribution in [2.24, 2.45) is 5.92 Å². The van der Waals surface area contributed by atoms with Gasteiger partial charge in [0.2, 0.25) is 5.91 Å². The minimum atomic E-state index is -0.430. The second-order valence-corrected chi connectivity index (χ2v) is 9.18. The molecule has 6 aromatic rings. The maximum atomic E-state index is 15.2. The first kappa shape index (κ1) is 21.4. The minimum Gasteiger partial charge on any atom is -0.472 e. The molecule has 1 fully saturated rings. The Balaban J connectivity index is 1.29. The van der Waals surface area contributed by atoms with Crippen molar-refractivity contribution in [2.45, 2.75) is 19.3 Å². The molecule has 0 aliphatic heterocycles. The molecule has 5 heterocycles. The number of hydrogen-bond acceptors (Lipinski definition) is 6. The van der Waals surface area contributed by atoms with E-state index < -0.39 is 5.82 Å². The van der Waals surface area contributed by atoms with Crippen molar-refractivity contribution in [2.75, 3.05) is 5.32 Å². The van der Waals surface area contributed by atoms with Crippen molar-refractivity contribution in [1.82, 2.24) is 30.1 Å². The fourth-order valence-electron chi connectivity index (χ4n) is 4.69. The summed E-state index contributed by atoms with van der Waals surface area (Å²) in [7, 11) is 0. The van der Waals surface area contributed by atoms with Crippen LogP contribution < -0.4 is 5.32 Å². The van der Waals surface area contributed by atoms with Crippen molar-refractivity contribution < 1.29 is 13.6 Å². The van der Waals surface area contributed by atoms with Crippen molar-refractivity contribution >= 4 is 33.7 Å². The highest BCUT2D eigenvalue weighted by Crippen LogP contribution is 2.34. The van der Waals surface area contributed by atoms with E-state index in [-0.39, 0.29) is 11.8 Å². The maximum Gasteiger partial charge on any atom is 0.227 e. The molecule has 0 spiro atoms. The first-order valence-corrected chi connectivity index (χ1v) is 12.0. The molecule has 1 aliphatic rings. The number of carbonyl (C=O) groups excluding carboxylic acids is 1. The highest BCUT2D eigenvalue weighted by molar-refractivity contribution is 5.98. The molecule has 0 saturated heterocycles. The van der Waals surface area contributed by atoms with Gasteiger partial charge < -0.3 is 14.7 Å². The summed E-state index contributed by atoms with van der Waals surface area (Å²) in [6, 6.07) is 8.60. The summed E-state index contributed by atoms with van der Waals surface area (Å²) >= 11 is 0. The molecule has 1 aliphatic carbocycles. The van der Waals surface area contributed by atoms with E-state index in [9.17, 15) is 4.79 Å². The zero-order chi connectivity index (χ0) is 24.9.